The maximum Gasteiger partial charge on any atom is 0.0350 e. The topological polar surface area (TPSA) is 26.0 Å². The smallest absolute Gasteiger partial charge is 0.0350 e. The van der Waals surface area contributed by atoms with E-state index in [-0.39, 0.29) is 0 Å². The average Bonchev–Trinajstić information content (AvgIpc) is 2.96. The fraction of sp³-hybridized carbons (Fsp3) is 0.0435. The molecule has 3 aromatic rings. The first-order valence-corrected chi connectivity index (χ1v) is 8.17. The highest BCUT2D eigenvalue weighted by atomic mass is 14.6. The van der Waals surface area contributed by atoms with Crippen LogP contribution in [0.4, 0.5) is 0 Å². The highest BCUT2D eigenvalue weighted by molar-refractivity contribution is 6.17. The van der Waals surface area contributed by atoms with Crippen LogP contribution in [0.1, 0.15) is 12.5 Å². The third-order valence-electron chi connectivity index (χ3n) is 4.73. The number of allylic oxidation sites excluding steroid dienone is 4. The van der Waals surface area contributed by atoms with E-state index in [1.165, 1.54) is 33.0 Å². The Morgan fingerprint density at radius 1 is 0.917 bits per heavy atom. The molecule has 0 aliphatic heterocycles. The van der Waals surface area contributed by atoms with Crippen molar-refractivity contribution in [3.63, 3.8) is 0 Å². The summed E-state index contributed by atoms with van der Waals surface area (Å²) in [6.07, 6.45) is 5.74. The lowest BCUT2D eigenvalue weighted by Crippen LogP contribution is -2.01. The van der Waals surface area contributed by atoms with E-state index in [4.69, 9.17) is 5.73 Å². The molecule has 4 rings (SSSR count). The van der Waals surface area contributed by atoms with Gasteiger partial charge in [0.15, 0.2) is 0 Å². The molecule has 0 aromatic heterocycles. The van der Waals surface area contributed by atoms with Crippen LogP contribution in [0.25, 0.3) is 38.6 Å². The summed E-state index contributed by atoms with van der Waals surface area (Å²) >= 11 is 0. The first kappa shape index (κ1) is 14.5. The second-order valence-electron chi connectivity index (χ2n) is 6.00. The van der Waals surface area contributed by atoms with E-state index in [0.29, 0.717) is 0 Å². The van der Waals surface area contributed by atoms with Crippen molar-refractivity contribution in [2.24, 2.45) is 5.73 Å². The Morgan fingerprint density at radius 2 is 1.58 bits per heavy atom. The van der Waals surface area contributed by atoms with E-state index in [2.05, 4.69) is 61.2 Å². The summed E-state index contributed by atoms with van der Waals surface area (Å²) < 4.78 is 0. The Labute approximate surface area is 142 Å². The first-order chi connectivity index (χ1) is 11.8. The predicted molar refractivity (Wildman–Crippen MR) is 104 cm³/mol. The van der Waals surface area contributed by atoms with Gasteiger partial charge in [-0.05, 0) is 45.5 Å². The zero-order chi connectivity index (χ0) is 16.7. The van der Waals surface area contributed by atoms with Gasteiger partial charge in [-0.25, -0.2) is 0 Å². The van der Waals surface area contributed by atoms with Gasteiger partial charge in [-0.1, -0.05) is 79.4 Å². The van der Waals surface area contributed by atoms with Crippen molar-refractivity contribution in [2.75, 3.05) is 0 Å². The summed E-state index contributed by atoms with van der Waals surface area (Å²) in [5, 5.41) is 2.61. The van der Waals surface area contributed by atoms with Crippen LogP contribution in [0.2, 0.25) is 0 Å². The Morgan fingerprint density at radius 3 is 2.29 bits per heavy atom. The van der Waals surface area contributed by atoms with Crippen molar-refractivity contribution in [3.05, 3.63) is 90.7 Å². The van der Waals surface area contributed by atoms with Crippen LogP contribution in [0.15, 0.2) is 85.1 Å². The molecule has 0 spiro atoms. The number of nitrogens with two attached hydrogens (primary N) is 1. The SMILES string of the molecule is C=C/C=C(\C(N)=C/C)c1cccc2c1-c1cccc3cccc-2c13. The third-order valence-corrected chi connectivity index (χ3v) is 4.73. The average molecular weight is 309 g/mol. The fourth-order valence-corrected chi connectivity index (χ4v) is 3.68. The summed E-state index contributed by atoms with van der Waals surface area (Å²) in [6, 6.07) is 19.5. The standard InChI is InChI=1S/C23H19N/c1-3-8-16(21(24)4-2)17-12-7-13-19-18-11-5-9-15-10-6-14-20(22(15)18)23(17)19/h3-14H,1,24H2,2H3/b16-8-,21-4+. The monoisotopic (exact) mass is 309 g/mol. The first-order valence-electron chi connectivity index (χ1n) is 8.17. The maximum atomic E-state index is 6.28. The molecule has 0 heterocycles. The number of rotatable bonds is 3. The largest absolute Gasteiger partial charge is 0.398 e. The van der Waals surface area contributed by atoms with Crippen LogP contribution in [-0.2, 0) is 0 Å². The lowest BCUT2D eigenvalue weighted by atomic mass is 9.91. The van der Waals surface area contributed by atoms with E-state index < -0.39 is 0 Å². The molecule has 3 aromatic carbocycles. The van der Waals surface area contributed by atoms with Gasteiger partial charge < -0.3 is 5.73 Å². The minimum Gasteiger partial charge on any atom is -0.398 e. The molecule has 24 heavy (non-hydrogen) atoms. The summed E-state index contributed by atoms with van der Waals surface area (Å²) in [7, 11) is 0. The zero-order valence-corrected chi connectivity index (χ0v) is 13.7. The Kier molecular flexibility index (Phi) is 3.35. The quantitative estimate of drug-likeness (QED) is 0.467. The molecule has 1 heteroatoms. The van der Waals surface area contributed by atoms with Crippen LogP contribution in [0.3, 0.4) is 0 Å². The van der Waals surface area contributed by atoms with Crippen molar-refractivity contribution in [3.8, 4) is 22.3 Å². The van der Waals surface area contributed by atoms with Crippen LogP contribution in [-0.4, -0.2) is 0 Å². The van der Waals surface area contributed by atoms with Crippen molar-refractivity contribution in [2.45, 2.75) is 6.92 Å². The van der Waals surface area contributed by atoms with Gasteiger partial charge in [0, 0.05) is 11.3 Å². The zero-order valence-electron chi connectivity index (χ0n) is 13.7. The maximum absolute atomic E-state index is 6.28. The van der Waals surface area contributed by atoms with Crippen molar-refractivity contribution in [1.82, 2.24) is 0 Å². The van der Waals surface area contributed by atoms with Gasteiger partial charge in [0.2, 0.25) is 0 Å². The van der Waals surface area contributed by atoms with Crippen LogP contribution >= 0.6 is 0 Å². The second-order valence-corrected chi connectivity index (χ2v) is 6.00. The van der Waals surface area contributed by atoms with Gasteiger partial charge >= 0.3 is 0 Å². The molecule has 0 fully saturated rings. The molecule has 0 amide bonds. The Hall–Kier alpha value is -3.06. The molecule has 1 aliphatic rings. The lowest BCUT2D eigenvalue weighted by Gasteiger charge is -2.14. The normalized spacial score (nSPS) is 13.2. The summed E-state index contributed by atoms with van der Waals surface area (Å²) in [5.41, 5.74) is 14.4. The van der Waals surface area contributed by atoms with Crippen molar-refractivity contribution in [1.29, 1.82) is 0 Å². The number of fused-ring (bicyclic) bond motifs is 3. The summed E-state index contributed by atoms with van der Waals surface area (Å²) in [5.74, 6) is 0. The van der Waals surface area contributed by atoms with E-state index in [9.17, 15) is 0 Å². The molecule has 0 saturated heterocycles. The van der Waals surface area contributed by atoms with E-state index in [1.807, 2.05) is 19.1 Å². The van der Waals surface area contributed by atoms with Gasteiger partial charge in [-0.2, -0.15) is 0 Å². The van der Waals surface area contributed by atoms with Gasteiger partial charge in [-0.15, -0.1) is 0 Å². The van der Waals surface area contributed by atoms with Crippen LogP contribution < -0.4 is 5.73 Å². The van der Waals surface area contributed by atoms with Crippen molar-refractivity contribution < 1.29 is 0 Å². The molecular weight excluding hydrogens is 290 g/mol. The molecule has 0 atom stereocenters. The van der Waals surface area contributed by atoms with Gasteiger partial charge in [0.1, 0.15) is 0 Å². The van der Waals surface area contributed by atoms with E-state index in [0.717, 1.165) is 16.8 Å². The van der Waals surface area contributed by atoms with Crippen molar-refractivity contribution >= 4 is 16.3 Å². The minimum absolute atomic E-state index is 0.770. The van der Waals surface area contributed by atoms with Crippen LogP contribution in [0.5, 0.6) is 0 Å². The van der Waals surface area contributed by atoms with E-state index >= 15 is 0 Å². The number of benzene rings is 3. The Balaban J connectivity index is 2.10. The van der Waals surface area contributed by atoms with Gasteiger partial charge in [0.25, 0.3) is 0 Å². The second kappa shape index (κ2) is 5.54. The molecule has 2 N–H and O–H groups in total. The molecule has 0 saturated carbocycles. The lowest BCUT2D eigenvalue weighted by molar-refractivity contribution is 1.39. The Bertz CT molecular complexity index is 1030. The molecule has 1 aliphatic carbocycles. The summed E-state index contributed by atoms with van der Waals surface area (Å²) in [6.45, 7) is 5.82. The number of hydrogen-bond donors (Lipinski definition) is 1. The summed E-state index contributed by atoms with van der Waals surface area (Å²) in [4.78, 5) is 0. The molecule has 116 valence electrons. The molecule has 0 bridgehead atoms. The highest BCUT2D eigenvalue weighted by Crippen LogP contribution is 2.50. The molecular formula is C23H19N. The molecule has 1 nitrogen and oxygen atoms in total. The third kappa shape index (κ3) is 1.95. The van der Waals surface area contributed by atoms with Gasteiger partial charge in [0.05, 0.1) is 0 Å². The van der Waals surface area contributed by atoms with E-state index in [1.54, 1.807) is 6.08 Å². The fourth-order valence-electron chi connectivity index (χ4n) is 3.68. The minimum atomic E-state index is 0.770. The van der Waals surface area contributed by atoms with Crippen LogP contribution in [0, 0.1) is 0 Å². The molecule has 0 radical (unpaired) electrons. The predicted octanol–water partition coefficient (Wildman–Crippen LogP) is 5.92. The highest BCUT2D eigenvalue weighted by Gasteiger charge is 2.24. The van der Waals surface area contributed by atoms with Gasteiger partial charge in [-0.3, -0.25) is 0 Å². The molecule has 0 unspecified atom stereocenters. The number of hydrogen-bond acceptors (Lipinski definition) is 1.